The van der Waals surface area contributed by atoms with Crippen molar-refractivity contribution in [3.05, 3.63) is 53.8 Å². The van der Waals surface area contributed by atoms with Gasteiger partial charge in [-0.05, 0) is 37.5 Å². The summed E-state index contributed by atoms with van der Waals surface area (Å²) in [6.07, 6.45) is 4.32. The summed E-state index contributed by atoms with van der Waals surface area (Å²) in [6, 6.07) is 11.7. The lowest BCUT2D eigenvalue weighted by Gasteiger charge is -2.26. The highest BCUT2D eigenvalue weighted by atomic mass is 35.5. The molecule has 4 nitrogen and oxygen atoms in total. The Morgan fingerprint density at radius 1 is 1.19 bits per heavy atom. The maximum Gasteiger partial charge on any atom is 0.156 e. The average molecular weight is 370 g/mol. The number of rotatable bonds is 6. The second kappa shape index (κ2) is 7.60. The highest BCUT2D eigenvalue weighted by molar-refractivity contribution is 6.32. The molecule has 0 spiro atoms. The Bertz CT molecular complexity index is 903. The molecule has 0 saturated carbocycles. The van der Waals surface area contributed by atoms with Gasteiger partial charge in [0.25, 0.3) is 0 Å². The predicted molar refractivity (Wildman–Crippen MR) is 108 cm³/mol. The minimum atomic E-state index is -0.405. The van der Waals surface area contributed by atoms with Crippen LogP contribution in [0.5, 0.6) is 5.75 Å². The highest BCUT2D eigenvalue weighted by Crippen LogP contribution is 2.32. The van der Waals surface area contributed by atoms with Gasteiger partial charge in [0, 0.05) is 22.7 Å². The molecule has 1 aromatic carbocycles. The van der Waals surface area contributed by atoms with Crippen LogP contribution in [0.1, 0.15) is 27.2 Å². The van der Waals surface area contributed by atoms with E-state index in [1.165, 1.54) is 0 Å². The first-order valence-electron chi connectivity index (χ1n) is 8.77. The van der Waals surface area contributed by atoms with Gasteiger partial charge in [0.1, 0.15) is 6.61 Å². The van der Waals surface area contributed by atoms with Crippen molar-refractivity contribution in [1.82, 2.24) is 9.97 Å². The summed E-state index contributed by atoms with van der Waals surface area (Å²) in [4.78, 5) is 8.93. The van der Waals surface area contributed by atoms with Crippen LogP contribution in [-0.2, 0) is 0 Å². The Hall–Kier alpha value is -2.17. The number of pyridine rings is 2. The van der Waals surface area contributed by atoms with Crippen molar-refractivity contribution < 1.29 is 4.74 Å². The number of nitrogens with zero attached hydrogens (tertiary/aromatic N) is 2. The molecule has 3 rings (SSSR count). The van der Waals surface area contributed by atoms with Crippen molar-refractivity contribution in [2.75, 3.05) is 6.61 Å². The van der Waals surface area contributed by atoms with Gasteiger partial charge in [-0.1, -0.05) is 43.6 Å². The van der Waals surface area contributed by atoms with Crippen molar-refractivity contribution in [3.63, 3.8) is 0 Å². The Kier molecular flexibility index (Phi) is 5.44. The van der Waals surface area contributed by atoms with Crippen LogP contribution in [0.2, 0.25) is 5.02 Å². The summed E-state index contributed by atoms with van der Waals surface area (Å²) in [6.45, 7) is 6.68. The van der Waals surface area contributed by atoms with E-state index in [1.807, 2.05) is 43.3 Å². The highest BCUT2D eigenvalue weighted by Gasteiger charge is 2.21. The van der Waals surface area contributed by atoms with Gasteiger partial charge < -0.3 is 10.5 Å². The van der Waals surface area contributed by atoms with Crippen molar-refractivity contribution in [2.45, 2.75) is 32.7 Å². The Morgan fingerprint density at radius 3 is 2.69 bits per heavy atom. The Balaban J connectivity index is 1.84. The van der Waals surface area contributed by atoms with Crippen LogP contribution in [0.4, 0.5) is 0 Å². The number of benzene rings is 1. The molecular weight excluding hydrogens is 346 g/mol. The maximum absolute atomic E-state index is 6.44. The number of hydrogen-bond donors (Lipinski definition) is 1. The fourth-order valence-electron chi connectivity index (χ4n) is 3.23. The van der Waals surface area contributed by atoms with Crippen molar-refractivity contribution in [1.29, 1.82) is 0 Å². The monoisotopic (exact) mass is 369 g/mol. The first kappa shape index (κ1) is 18.6. The lowest BCUT2D eigenvalue weighted by atomic mass is 9.93. The molecule has 0 radical (unpaired) electrons. The van der Waals surface area contributed by atoms with E-state index in [0.29, 0.717) is 23.3 Å². The van der Waals surface area contributed by atoms with Crippen LogP contribution >= 0.6 is 11.6 Å². The number of aromatic nitrogens is 2. The van der Waals surface area contributed by atoms with E-state index in [9.17, 15) is 0 Å². The Labute approximate surface area is 159 Å². The minimum absolute atomic E-state index is 0.393. The summed E-state index contributed by atoms with van der Waals surface area (Å²) >= 11 is 6.44. The van der Waals surface area contributed by atoms with Crippen molar-refractivity contribution in [2.24, 2.45) is 11.7 Å². The summed E-state index contributed by atoms with van der Waals surface area (Å²) in [7, 11) is 0. The zero-order chi connectivity index (χ0) is 18.7. The molecule has 0 aliphatic rings. The molecule has 2 aromatic heterocycles. The SMILES string of the molecule is CC(C)CC(C)(N)COc1cnc(-c2ccnc3ccccc23)cc1Cl. The van der Waals surface area contributed by atoms with Gasteiger partial charge in [0.2, 0.25) is 0 Å². The quantitative estimate of drug-likeness (QED) is 0.657. The smallest absolute Gasteiger partial charge is 0.156 e. The predicted octanol–water partition coefficient (Wildman–Crippen LogP) is 5.09. The van der Waals surface area contributed by atoms with E-state index < -0.39 is 5.54 Å². The number of halogens is 1. The molecule has 0 bridgehead atoms. The third-order valence-electron chi connectivity index (χ3n) is 4.18. The van der Waals surface area contributed by atoms with Gasteiger partial charge in [-0.15, -0.1) is 0 Å². The van der Waals surface area contributed by atoms with Crippen LogP contribution in [0, 0.1) is 5.92 Å². The molecule has 2 N–H and O–H groups in total. The second-order valence-corrected chi connectivity index (χ2v) is 7.82. The van der Waals surface area contributed by atoms with E-state index in [2.05, 4.69) is 23.8 Å². The molecule has 0 fully saturated rings. The topological polar surface area (TPSA) is 61.0 Å². The van der Waals surface area contributed by atoms with E-state index in [4.69, 9.17) is 22.1 Å². The molecule has 0 saturated heterocycles. The maximum atomic E-state index is 6.44. The van der Waals surface area contributed by atoms with E-state index in [1.54, 1.807) is 12.4 Å². The van der Waals surface area contributed by atoms with Crippen LogP contribution < -0.4 is 10.5 Å². The molecule has 1 atom stereocenters. The summed E-state index contributed by atoms with van der Waals surface area (Å²) < 4.78 is 5.85. The fourth-order valence-corrected chi connectivity index (χ4v) is 3.43. The van der Waals surface area contributed by atoms with Gasteiger partial charge >= 0.3 is 0 Å². The van der Waals surface area contributed by atoms with Gasteiger partial charge in [-0.2, -0.15) is 0 Å². The van der Waals surface area contributed by atoms with Crippen LogP contribution in [0.25, 0.3) is 22.2 Å². The van der Waals surface area contributed by atoms with Crippen LogP contribution in [0.15, 0.2) is 48.8 Å². The number of para-hydroxylation sites is 1. The number of fused-ring (bicyclic) bond motifs is 1. The molecular formula is C21H24ClN3O. The van der Waals surface area contributed by atoms with Crippen LogP contribution in [-0.4, -0.2) is 22.1 Å². The molecule has 0 amide bonds. The lowest BCUT2D eigenvalue weighted by molar-refractivity contribution is 0.206. The number of hydrogen-bond acceptors (Lipinski definition) is 4. The largest absolute Gasteiger partial charge is 0.488 e. The molecule has 5 heteroatoms. The summed E-state index contributed by atoms with van der Waals surface area (Å²) in [5, 5.41) is 1.56. The normalized spacial score (nSPS) is 13.8. The number of ether oxygens (including phenoxy) is 1. The van der Waals surface area contributed by atoms with E-state index in [-0.39, 0.29) is 0 Å². The average Bonchev–Trinajstić information content (AvgIpc) is 2.59. The first-order chi connectivity index (χ1) is 12.4. The van der Waals surface area contributed by atoms with Gasteiger partial charge in [0.15, 0.2) is 5.75 Å². The lowest BCUT2D eigenvalue weighted by Crippen LogP contribution is -2.43. The van der Waals surface area contributed by atoms with Crippen molar-refractivity contribution >= 4 is 22.5 Å². The fraction of sp³-hybridized carbons (Fsp3) is 0.333. The molecule has 0 aliphatic carbocycles. The molecule has 136 valence electrons. The molecule has 0 aliphatic heterocycles. The second-order valence-electron chi connectivity index (χ2n) is 7.42. The molecule has 26 heavy (non-hydrogen) atoms. The van der Waals surface area contributed by atoms with Gasteiger partial charge in [0.05, 0.1) is 22.4 Å². The van der Waals surface area contributed by atoms with Gasteiger partial charge in [-0.3, -0.25) is 9.97 Å². The third kappa shape index (κ3) is 4.32. The minimum Gasteiger partial charge on any atom is -0.488 e. The first-order valence-corrected chi connectivity index (χ1v) is 9.15. The standard InChI is InChI=1S/C21H24ClN3O/c1-14(2)11-21(3,23)13-26-20-12-25-19(10-17(20)22)16-8-9-24-18-7-5-4-6-15(16)18/h4-10,12,14H,11,13,23H2,1-3H3. The van der Waals surface area contributed by atoms with Crippen molar-refractivity contribution in [3.8, 4) is 17.0 Å². The zero-order valence-electron chi connectivity index (χ0n) is 15.4. The molecule has 2 heterocycles. The molecule has 1 unspecified atom stereocenters. The summed E-state index contributed by atoms with van der Waals surface area (Å²) in [5.41, 5.74) is 8.61. The summed E-state index contributed by atoms with van der Waals surface area (Å²) in [5.74, 6) is 1.05. The Morgan fingerprint density at radius 2 is 1.96 bits per heavy atom. The third-order valence-corrected chi connectivity index (χ3v) is 4.47. The van der Waals surface area contributed by atoms with E-state index in [0.717, 1.165) is 28.6 Å². The van der Waals surface area contributed by atoms with Crippen LogP contribution in [0.3, 0.4) is 0 Å². The molecule has 3 aromatic rings. The van der Waals surface area contributed by atoms with Gasteiger partial charge in [-0.25, -0.2) is 0 Å². The van der Waals surface area contributed by atoms with E-state index >= 15 is 0 Å². The number of nitrogens with two attached hydrogens (primary N) is 1. The zero-order valence-corrected chi connectivity index (χ0v) is 16.1.